The van der Waals surface area contributed by atoms with Crippen LogP contribution in [0.15, 0.2) is 78.9 Å². The molecular weight excluding hydrogens is 520 g/mol. The zero-order valence-corrected chi connectivity index (χ0v) is 23.5. The van der Waals surface area contributed by atoms with Crippen LogP contribution in [0.5, 0.6) is 5.75 Å². The highest BCUT2D eigenvalue weighted by molar-refractivity contribution is 5.96. The number of carbonyl (C=O) groups excluding carboxylic acids is 3. The number of amides is 2. The number of ether oxygens (including phenoxy) is 3. The monoisotopic (exact) mass is 554 g/mol. The second-order valence-corrected chi connectivity index (χ2v) is 11.0. The number of nitriles is 1. The number of imide groups is 1. The molecule has 1 aliphatic heterocycles. The van der Waals surface area contributed by atoms with Crippen LogP contribution >= 0.6 is 0 Å². The predicted molar refractivity (Wildman–Crippen MR) is 153 cm³/mol. The summed E-state index contributed by atoms with van der Waals surface area (Å²) >= 11 is 0. The molecule has 1 aliphatic rings. The molecular formula is C33H34N2O6. The molecule has 0 radical (unpaired) electrons. The Morgan fingerprint density at radius 3 is 2.24 bits per heavy atom. The fourth-order valence-electron chi connectivity index (χ4n) is 4.66. The fraction of sp³-hybridized carbons (Fsp3) is 0.333. The van der Waals surface area contributed by atoms with Crippen LogP contribution in [0.25, 0.3) is 11.1 Å². The SMILES string of the molecule is CC(C)(C)OC(=O)CC(CCOc1ccc(-c2ccc(C#N)cc2)cc1)C(=O)N1C(=O)OC[C@@H]1Cc1ccccc1. The van der Waals surface area contributed by atoms with E-state index in [4.69, 9.17) is 19.5 Å². The topological polar surface area (TPSA) is 106 Å². The van der Waals surface area contributed by atoms with Gasteiger partial charge in [-0.2, -0.15) is 5.26 Å². The molecule has 212 valence electrons. The molecule has 1 fully saturated rings. The van der Waals surface area contributed by atoms with E-state index in [1.54, 1.807) is 32.9 Å². The van der Waals surface area contributed by atoms with Crippen molar-refractivity contribution in [2.75, 3.05) is 13.2 Å². The van der Waals surface area contributed by atoms with E-state index in [1.165, 1.54) is 0 Å². The van der Waals surface area contributed by atoms with Crippen LogP contribution in [-0.4, -0.2) is 47.7 Å². The van der Waals surface area contributed by atoms with Gasteiger partial charge in [-0.3, -0.25) is 9.59 Å². The van der Waals surface area contributed by atoms with E-state index in [2.05, 4.69) is 6.07 Å². The Morgan fingerprint density at radius 2 is 1.63 bits per heavy atom. The highest BCUT2D eigenvalue weighted by atomic mass is 16.6. The summed E-state index contributed by atoms with van der Waals surface area (Å²) in [6.45, 7) is 5.54. The molecule has 0 aromatic heterocycles. The van der Waals surface area contributed by atoms with Gasteiger partial charge in [-0.15, -0.1) is 0 Å². The van der Waals surface area contributed by atoms with Crippen molar-refractivity contribution < 1.29 is 28.6 Å². The standard InChI is InChI=1S/C33H34N2O6/c1-33(2,3)41-30(36)20-27(31(37)35-28(22-40-32(35)38)19-23-7-5-4-6-8-23)17-18-39-29-15-13-26(14-16-29)25-11-9-24(21-34)10-12-25/h4-16,27-28H,17-20,22H2,1-3H3/t27?,28-/m0/s1. The summed E-state index contributed by atoms with van der Waals surface area (Å²) in [5, 5.41) is 9.00. The summed E-state index contributed by atoms with van der Waals surface area (Å²) < 4.78 is 16.7. The van der Waals surface area contributed by atoms with Gasteiger partial charge >= 0.3 is 12.1 Å². The lowest BCUT2D eigenvalue weighted by Gasteiger charge is -2.26. The third kappa shape index (κ3) is 8.18. The highest BCUT2D eigenvalue weighted by Gasteiger charge is 2.41. The largest absolute Gasteiger partial charge is 0.494 e. The number of cyclic esters (lactones) is 1. The minimum atomic E-state index is -0.827. The molecule has 2 amide bonds. The Bertz CT molecular complexity index is 1390. The minimum Gasteiger partial charge on any atom is -0.494 e. The number of hydrogen-bond donors (Lipinski definition) is 0. The van der Waals surface area contributed by atoms with Gasteiger partial charge in [0.2, 0.25) is 5.91 Å². The first-order valence-corrected chi connectivity index (χ1v) is 13.6. The third-order valence-electron chi connectivity index (χ3n) is 6.63. The van der Waals surface area contributed by atoms with Crippen LogP contribution < -0.4 is 4.74 Å². The lowest BCUT2D eigenvalue weighted by molar-refractivity contribution is -0.158. The van der Waals surface area contributed by atoms with Gasteiger partial charge in [0.1, 0.15) is 18.0 Å². The highest BCUT2D eigenvalue weighted by Crippen LogP contribution is 2.26. The predicted octanol–water partition coefficient (Wildman–Crippen LogP) is 5.93. The van der Waals surface area contributed by atoms with Crippen molar-refractivity contribution in [3.63, 3.8) is 0 Å². The fourth-order valence-corrected chi connectivity index (χ4v) is 4.66. The van der Waals surface area contributed by atoms with Crippen molar-refractivity contribution in [3.8, 4) is 22.9 Å². The van der Waals surface area contributed by atoms with Gasteiger partial charge in [0, 0.05) is 0 Å². The smallest absolute Gasteiger partial charge is 0.416 e. The second-order valence-electron chi connectivity index (χ2n) is 11.0. The quantitative estimate of drug-likeness (QED) is 0.286. The molecule has 8 heteroatoms. The molecule has 3 aromatic rings. The molecule has 41 heavy (non-hydrogen) atoms. The summed E-state index contributed by atoms with van der Waals surface area (Å²) in [5.74, 6) is -1.21. The molecule has 0 spiro atoms. The van der Waals surface area contributed by atoms with Gasteiger partial charge in [-0.05, 0) is 74.6 Å². The first-order valence-electron chi connectivity index (χ1n) is 13.6. The number of nitrogens with zero attached hydrogens (tertiary/aromatic N) is 2. The van der Waals surface area contributed by atoms with Crippen molar-refractivity contribution in [2.24, 2.45) is 5.92 Å². The van der Waals surface area contributed by atoms with Gasteiger partial charge in [-0.1, -0.05) is 54.6 Å². The Balaban J connectivity index is 1.43. The lowest BCUT2D eigenvalue weighted by atomic mass is 9.98. The molecule has 0 aliphatic carbocycles. The van der Waals surface area contributed by atoms with E-state index in [0.29, 0.717) is 17.7 Å². The first kappa shape index (κ1) is 29.3. The number of benzene rings is 3. The van der Waals surface area contributed by atoms with Gasteiger partial charge in [0.25, 0.3) is 0 Å². The number of hydrogen-bond acceptors (Lipinski definition) is 7. The minimum absolute atomic E-state index is 0.0979. The van der Waals surface area contributed by atoms with Gasteiger partial charge in [-0.25, -0.2) is 9.69 Å². The van der Waals surface area contributed by atoms with E-state index < -0.39 is 35.5 Å². The van der Waals surface area contributed by atoms with Gasteiger partial charge in [0.15, 0.2) is 0 Å². The van der Waals surface area contributed by atoms with Crippen molar-refractivity contribution in [2.45, 2.75) is 51.7 Å². The molecule has 3 aromatic carbocycles. The van der Waals surface area contributed by atoms with Gasteiger partial charge in [0.05, 0.1) is 36.6 Å². The maximum Gasteiger partial charge on any atom is 0.416 e. The van der Waals surface area contributed by atoms with Gasteiger partial charge < -0.3 is 14.2 Å². The Hall–Kier alpha value is -4.64. The lowest BCUT2D eigenvalue weighted by Crippen LogP contribution is -2.44. The van der Waals surface area contributed by atoms with E-state index >= 15 is 0 Å². The average Bonchev–Trinajstić information content (AvgIpc) is 3.31. The van der Waals surface area contributed by atoms with Crippen LogP contribution in [-0.2, 0) is 25.5 Å². The molecule has 0 N–H and O–H groups in total. The molecule has 2 atom stereocenters. The molecule has 1 unspecified atom stereocenters. The summed E-state index contributed by atoms with van der Waals surface area (Å²) in [5.41, 5.74) is 2.81. The Kier molecular flexibility index (Phi) is 9.41. The van der Waals surface area contributed by atoms with E-state index in [-0.39, 0.29) is 26.1 Å². The second kappa shape index (κ2) is 13.1. The van der Waals surface area contributed by atoms with E-state index in [9.17, 15) is 14.4 Å². The summed E-state index contributed by atoms with van der Waals surface area (Å²) in [6, 6.07) is 26.0. The van der Waals surface area contributed by atoms with Crippen LogP contribution in [0.2, 0.25) is 0 Å². The summed E-state index contributed by atoms with van der Waals surface area (Å²) in [4.78, 5) is 40.2. The molecule has 1 saturated heterocycles. The zero-order chi connectivity index (χ0) is 29.4. The van der Waals surface area contributed by atoms with Crippen LogP contribution in [0.1, 0.15) is 44.7 Å². The molecule has 0 bridgehead atoms. The molecule has 1 heterocycles. The molecule has 8 nitrogen and oxygen atoms in total. The van der Waals surface area contributed by atoms with E-state index in [1.807, 2.05) is 66.7 Å². The third-order valence-corrected chi connectivity index (χ3v) is 6.63. The number of rotatable bonds is 10. The van der Waals surface area contributed by atoms with Crippen molar-refractivity contribution >= 4 is 18.0 Å². The van der Waals surface area contributed by atoms with Crippen molar-refractivity contribution in [3.05, 3.63) is 90.0 Å². The summed E-state index contributed by atoms with van der Waals surface area (Å²) in [6.07, 6.45) is -0.222. The molecule has 4 rings (SSSR count). The van der Waals surface area contributed by atoms with Crippen LogP contribution in [0.3, 0.4) is 0 Å². The number of esters is 1. The zero-order valence-electron chi connectivity index (χ0n) is 23.5. The summed E-state index contributed by atoms with van der Waals surface area (Å²) in [7, 11) is 0. The molecule has 0 saturated carbocycles. The maximum atomic E-state index is 13.7. The number of carbonyl (C=O) groups is 3. The van der Waals surface area contributed by atoms with Crippen molar-refractivity contribution in [1.82, 2.24) is 4.90 Å². The van der Waals surface area contributed by atoms with E-state index in [0.717, 1.165) is 21.6 Å². The normalized spacial score (nSPS) is 15.5. The van der Waals surface area contributed by atoms with Crippen LogP contribution in [0.4, 0.5) is 4.79 Å². The first-order chi connectivity index (χ1) is 19.6. The maximum absolute atomic E-state index is 13.7. The Morgan fingerprint density at radius 1 is 1.00 bits per heavy atom. The Labute approximate surface area is 240 Å². The average molecular weight is 555 g/mol. The van der Waals surface area contributed by atoms with Crippen molar-refractivity contribution in [1.29, 1.82) is 5.26 Å². The van der Waals surface area contributed by atoms with Crippen LogP contribution in [0, 0.1) is 17.2 Å².